The third kappa shape index (κ3) is 2.84. The molecule has 4 nitrogen and oxygen atoms in total. The number of hydrogen-bond donors (Lipinski definition) is 1. The first kappa shape index (κ1) is 12.5. The Morgan fingerprint density at radius 1 is 1.33 bits per heavy atom. The lowest BCUT2D eigenvalue weighted by Gasteiger charge is -2.12. The summed E-state index contributed by atoms with van der Waals surface area (Å²) < 4.78 is 0. The highest BCUT2D eigenvalue weighted by Crippen LogP contribution is 2.23. The Balaban J connectivity index is 2.28. The lowest BCUT2D eigenvalue weighted by atomic mass is 9.96. The van der Waals surface area contributed by atoms with Crippen LogP contribution in [0.1, 0.15) is 17.2 Å². The largest absolute Gasteiger partial charge is 0.481 e. The molecule has 0 saturated heterocycles. The van der Waals surface area contributed by atoms with E-state index in [1.807, 2.05) is 18.2 Å². The van der Waals surface area contributed by atoms with Crippen molar-refractivity contribution in [3.8, 4) is 0 Å². The molecule has 0 amide bonds. The lowest BCUT2D eigenvalue weighted by molar-refractivity contribution is -0.138. The van der Waals surface area contributed by atoms with Crippen LogP contribution in [0.15, 0.2) is 42.9 Å². The molecular weight excluding hydrogens is 252 g/mol. The van der Waals surface area contributed by atoms with Crippen molar-refractivity contribution in [2.24, 2.45) is 0 Å². The van der Waals surface area contributed by atoms with E-state index in [4.69, 9.17) is 11.6 Å². The van der Waals surface area contributed by atoms with Crippen LogP contribution in [0.3, 0.4) is 0 Å². The van der Waals surface area contributed by atoms with Gasteiger partial charge in [-0.15, -0.1) is 0 Å². The van der Waals surface area contributed by atoms with E-state index in [0.717, 1.165) is 5.56 Å². The highest BCUT2D eigenvalue weighted by molar-refractivity contribution is 6.31. The zero-order valence-electron chi connectivity index (χ0n) is 9.45. The number of halogens is 1. The van der Waals surface area contributed by atoms with Gasteiger partial charge in [-0.1, -0.05) is 29.8 Å². The lowest BCUT2D eigenvalue weighted by Crippen LogP contribution is -2.16. The van der Waals surface area contributed by atoms with Gasteiger partial charge >= 0.3 is 5.97 Å². The van der Waals surface area contributed by atoms with Crippen molar-refractivity contribution < 1.29 is 9.90 Å². The van der Waals surface area contributed by atoms with Crippen LogP contribution < -0.4 is 0 Å². The van der Waals surface area contributed by atoms with Crippen LogP contribution >= 0.6 is 11.6 Å². The minimum Gasteiger partial charge on any atom is -0.481 e. The Labute approximate surface area is 109 Å². The van der Waals surface area contributed by atoms with Gasteiger partial charge in [-0.05, 0) is 18.1 Å². The van der Waals surface area contributed by atoms with Gasteiger partial charge in [0.2, 0.25) is 0 Å². The zero-order valence-corrected chi connectivity index (χ0v) is 10.2. The van der Waals surface area contributed by atoms with Gasteiger partial charge in [0.25, 0.3) is 0 Å². The van der Waals surface area contributed by atoms with E-state index in [2.05, 4.69) is 9.97 Å². The fourth-order valence-electron chi connectivity index (χ4n) is 1.69. The number of rotatable bonds is 4. The van der Waals surface area contributed by atoms with Crippen LogP contribution in [0.4, 0.5) is 0 Å². The number of aliphatic carboxylic acids is 1. The summed E-state index contributed by atoms with van der Waals surface area (Å²) in [7, 11) is 0. The summed E-state index contributed by atoms with van der Waals surface area (Å²) in [5, 5.41) is 9.83. The van der Waals surface area contributed by atoms with Crippen LogP contribution in [0.5, 0.6) is 0 Å². The number of nitrogens with zero attached hydrogens (tertiary/aromatic N) is 2. The summed E-state index contributed by atoms with van der Waals surface area (Å²) in [5.41, 5.74) is 1.22. The SMILES string of the molecule is O=C(O)C(Cc1ccccc1Cl)c1cnccn1. The Morgan fingerprint density at radius 3 is 2.72 bits per heavy atom. The molecule has 18 heavy (non-hydrogen) atoms. The minimum atomic E-state index is -0.935. The van der Waals surface area contributed by atoms with E-state index in [0.29, 0.717) is 17.1 Å². The van der Waals surface area contributed by atoms with Gasteiger partial charge in [-0.3, -0.25) is 14.8 Å². The zero-order chi connectivity index (χ0) is 13.0. The van der Waals surface area contributed by atoms with Gasteiger partial charge in [0.1, 0.15) is 5.92 Å². The first-order valence-corrected chi connectivity index (χ1v) is 5.78. The van der Waals surface area contributed by atoms with Crippen molar-refractivity contribution in [1.29, 1.82) is 0 Å². The van der Waals surface area contributed by atoms with Gasteiger partial charge < -0.3 is 5.11 Å². The molecule has 1 heterocycles. The Hall–Kier alpha value is -1.94. The molecule has 0 spiro atoms. The summed E-state index contributed by atoms with van der Waals surface area (Å²) in [4.78, 5) is 19.2. The van der Waals surface area contributed by atoms with Crippen LogP contribution in [-0.4, -0.2) is 21.0 Å². The molecule has 2 rings (SSSR count). The molecule has 5 heteroatoms. The molecule has 0 fully saturated rings. The second-order valence-corrected chi connectivity index (χ2v) is 4.22. The maximum absolute atomic E-state index is 11.3. The maximum atomic E-state index is 11.3. The molecule has 0 radical (unpaired) electrons. The third-order valence-electron chi connectivity index (χ3n) is 2.62. The average Bonchev–Trinajstić information content (AvgIpc) is 2.38. The number of carboxylic acids is 1. The summed E-state index contributed by atoms with van der Waals surface area (Å²) in [6, 6.07) is 7.20. The molecule has 0 aliphatic carbocycles. The van der Waals surface area contributed by atoms with Crippen LogP contribution in [-0.2, 0) is 11.2 Å². The topological polar surface area (TPSA) is 63.1 Å². The molecule has 1 atom stereocenters. The smallest absolute Gasteiger partial charge is 0.312 e. The average molecular weight is 263 g/mol. The molecule has 1 aromatic carbocycles. The summed E-state index contributed by atoms with van der Waals surface area (Å²) in [6.07, 6.45) is 4.76. The number of hydrogen-bond acceptors (Lipinski definition) is 3. The first-order valence-electron chi connectivity index (χ1n) is 5.40. The van der Waals surface area contributed by atoms with Crippen molar-refractivity contribution in [2.75, 3.05) is 0 Å². The van der Waals surface area contributed by atoms with E-state index >= 15 is 0 Å². The van der Waals surface area contributed by atoms with Crippen molar-refractivity contribution in [3.05, 3.63) is 59.1 Å². The van der Waals surface area contributed by atoms with Gasteiger partial charge in [-0.25, -0.2) is 0 Å². The second-order valence-electron chi connectivity index (χ2n) is 3.82. The first-order chi connectivity index (χ1) is 8.68. The van der Waals surface area contributed by atoms with Crippen LogP contribution in [0.25, 0.3) is 0 Å². The van der Waals surface area contributed by atoms with E-state index in [1.165, 1.54) is 18.6 Å². The van der Waals surface area contributed by atoms with E-state index in [1.54, 1.807) is 6.07 Å². The molecule has 0 saturated carbocycles. The molecule has 0 bridgehead atoms. The van der Waals surface area contributed by atoms with Gasteiger partial charge in [0.05, 0.1) is 5.69 Å². The van der Waals surface area contributed by atoms with Gasteiger partial charge in [-0.2, -0.15) is 0 Å². The molecule has 1 aromatic heterocycles. The standard InChI is InChI=1S/C13H11ClN2O2/c14-11-4-2-1-3-9(11)7-10(13(17)18)12-8-15-5-6-16-12/h1-6,8,10H,7H2,(H,17,18). The molecule has 1 unspecified atom stereocenters. The van der Waals surface area contributed by atoms with Crippen molar-refractivity contribution >= 4 is 17.6 Å². The summed E-state index contributed by atoms with van der Waals surface area (Å²) in [6.45, 7) is 0. The Bertz CT molecular complexity index is 546. The third-order valence-corrected chi connectivity index (χ3v) is 2.99. The molecule has 2 aromatic rings. The number of carbonyl (C=O) groups is 1. The van der Waals surface area contributed by atoms with E-state index < -0.39 is 11.9 Å². The predicted molar refractivity (Wildman–Crippen MR) is 67.6 cm³/mol. The monoisotopic (exact) mass is 262 g/mol. The van der Waals surface area contributed by atoms with Crippen LogP contribution in [0, 0.1) is 0 Å². The molecular formula is C13H11ClN2O2. The van der Waals surface area contributed by atoms with E-state index in [9.17, 15) is 9.90 Å². The predicted octanol–water partition coefficient (Wildman–Crippen LogP) is 2.54. The normalized spacial score (nSPS) is 12.1. The van der Waals surface area contributed by atoms with Crippen molar-refractivity contribution in [3.63, 3.8) is 0 Å². The fourth-order valence-corrected chi connectivity index (χ4v) is 1.91. The van der Waals surface area contributed by atoms with E-state index in [-0.39, 0.29) is 0 Å². The van der Waals surface area contributed by atoms with Gasteiger partial charge in [0, 0.05) is 23.6 Å². The highest BCUT2D eigenvalue weighted by atomic mass is 35.5. The van der Waals surface area contributed by atoms with Crippen LogP contribution in [0.2, 0.25) is 5.02 Å². The van der Waals surface area contributed by atoms with Crippen molar-refractivity contribution in [1.82, 2.24) is 9.97 Å². The fraction of sp³-hybridized carbons (Fsp3) is 0.154. The van der Waals surface area contributed by atoms with Gasteiger partial charge in [0.15, 0.2) is 0 Å². The molecule has 0 aliphatic heterocycles. The summed E-state index contributed by atoms with van der Waals surface area (Å²) >= 11 is 6.03. The minimum absolute atomic E-state index is 0.299. The number of aromatic nitrogens is 2. The molecule has 92 valence electrons. The highest BCUT2D eigenvalue weighted by Gasteiger charge is 2.22. The number of carboxylic acid groups (broad SMARTS) is 1. The number of benzene rings is 1. The van der Waals surface area contributed by atoms with Crippen molar-refractivity contribution in [2.45, 2.75) is 12.3 Å². The Morgan fingerprint density at radius 2 is 2.11 bits per heavy atom. The maximum Gasteiger partial charge on any atom is 0.312 e. The molecule has 1 N–H and O–H groups in total. The second kappa shape index (κ2) is 5.60. The molecule has 0 aliphatic rings. The Kier molecular flexibility index (Phi) is 3.89. The quantitative estimate of drug-likeness (QED) is 0.920. The summed E-state index contributed by atoms with van der Waals surface area (Å²) in [5.74, 6) is -1.67.